The van der Waals surface area contributed by atoms with Gasteiger partial charge in [0.1, 0.15) is 0 Å². The molecule has 0 bridgehead atoms. The van der Waals surface area contributed by atoms with Gasteiger partial charge in [0.2, 0.25) is 0 Å². The molecule has 0 aliphatic heterocycles. The third kappa shape index (κ3) is 3.49. The molecule has 0 atom stereocenters. The molecule has 0 radical (unpaired) electrons. The van der Waals surface area contributed by atoms with E-state index in [4.69, 9.17) is 17.3 Å². The van der Waals surface area contributed by atoms with Crippen LogP contribution in [0.25, 0.3) is 0 Å². The largest absolute Gasteiger partial charge is 0.399 e. The molecule has 3 N–H and O–H groups in total. The summed E-state index contributed by atoms with van der Waals surface area (Å²) in [6.45, 7) is 0. The second kappa shape index (κ2) is 5.94. The van der Waals surface area contributed by atoms with Crippen LogP contribution in [0.1, 0.15) is 10.4 Å². The topological polar surface area (TPSA) is 55.1 Å². The molecule has 0 saturated heterocycles. The van der Waals surface area contributed by atoms with Crippen molar-refractivity contribution >= 4 is 60.7 Å². The zero-order valence-electron chi connectivity index (χ0n) is 9.58. The van der Waals surface area contributed by atoms with Gasteiger partial charge in [-0.15, -0.1) is 0 Å². The van der Waals surface area contributed by atoms with Gasteiger partial charge in [-0.3, -0.25) is 4.79 Å². The summed E-state index contributed by atoms with van der Waals surface area (Å²) >= 11 is 12.7. The van der Waals surface area contributed by atoms with Crippen LogP contribution >= 0.6 is 43.5 Å². The highest BCUT2D eigenvalue weighted by molar-refractivity contribution is 9.11. The van der Waals surface area contributed by atoms with Gasteiger partial charge in [0.05, 0.1) is 16.3 Å². The van der Waals surface area contributed by atoms with Gasteiger partial charge in [-0.25, -0.2) is 0 Å². The first-order chi connectivity index (χ1) is 8.97. The molecule has 0 heterocycles. The lowest BCUT2D eigenvalue weighted by Gasteiger charge is -2.09. The number of benzene rings is 2. The molecular formula is C13H9Br2ClN2O. The SMILES string of the molecule is Nc1ccc(C(=O)Nc2ccc(Br)cc2Br)c(Cl)c1. The Morgan fingerprint density at radius 2 is 1.89 bits per heavy atom. The Balaban J connectivity index is 2.25. The number of anilines is 2. The van der Waals surface area contributed by atoms with Crippen molar-refractivity contribution in [3.63, 3.8) is 0 Å². The van der Waals surface area contributed by atoms with Gasteiger partial charge in [-0.1, -0.05) is 27.5 Å². The molecule has 0 unspecified atom stereocenters. The van der Waals surface area contributed by atoms with Crippen LogP contribution in [0.2, 0.25) is 5.02 Å². The van der Waals surface area contributed by atoms with E-state index in [-0.39, 0.29) is 5.91 Å². The van der Waals surface area contributed by atoms with Gasteiger partial charge >= 0.3 is 0 Å². The van der Waals surface area contributed by atoms with Crippen LogP contribution in [0.5, 0.6) is 0 Å². The predicted octanol–water partition coefficient (Wildman–Crippen LogP) is 4.70. The Hall–Kier alpha value is -1.04. The number of carbonyl (C=O) groups excluding carboxylic acids is 1. The summed E-state index contributed by atoms with van der Waals surface area (Å²) in [5.74, 6) is -0.284. The Bertz CT molecular complexity index is 647. The van der Waals surface area contributed by atoms with Crippen LogP contribution in [0.15, 0.2) is 45.3 Å². The second-order valence-electron chi connectivity index (χ2n) is 3.82. The first-order valence-electron chi connectivity index (χ1n) is 5.29. The molecule has 2 aromatic rings. The van der Waals surface area contributed by atoms with Crippen LogP contribution in [-0.2, 0) is 0 Å². The highest BCUT2D eigenvalue weighted by atomic mass is 79.9. The summed E-state index contributed by atoms with van der Waals surface area (Å²) in [7, 11) is 0. The summed E-state index contributed by atoms with van der Waals surface area (Å²) in [5.41, 5.74) is 7.16. The van der Waals surface area contributed by atoms with Gasteiger partial charge in [-0.05, 0) is 52.3 Å². The highest BCUT2D eigenvalue weighted by Gasteiger charge is 2.12. The van der Waals surface area contributed by atoms with E-state index >= 15 is 0 Å². The molecule has 2 aromatic carbocycles. The molecule has 98 valence electrons. The molecule has 0 aliphatic carbocycles. The number of rotatable bonds is 2. The molecule has 0 aromatic heterocycles. The highest BCUT2D eigenvalue weighted by Crippen LogP contribution is 2.27. The van der Waals surface area contributed by atoms with Gasteiger partial charge in [-0.2, -0.15) is 0 Å². The fourth-order valence-electron chi connectivity index (χ4n) is 1.50. The van der Waals surface area contributed by atoms with Gasteiger partial charge in [0.15, 0.2) is 0 Å². The Morgan fingerprint density at radius 1 is 1.16 bits per heavy atom. The van der Waals surface area contributed by atoms with Crippen molar-refractivity contribution < 1.29 is 4.79 Å². The second-order valence-corrected chi connectivity index (χ2v) is 5.99. The summed E-state index contributed by atoms with van der Waals surface area (Å²) < 4.78 is 1.70. The van der Waals surface area contributed by atoms with Crippen LogP contribution in [0, 0.1) is 0 Å². The lowest BCUT2D eigenvalue weighted by atomic mass is 10.2. The van der Waals surface area contributed by atoms with Crippen LogP contribution in [-0.4, -0.2) is 5.91 Å². The van der Waals surface area contributed by atoms with E-state index in [1.807, 2.05) is 12.1 Å². The smallest absolute Gasteiger partial charge is 0.257 e. The molecule has 19 heavy (non-hydrogen) atoms. The summed E-state index contributed by atoms with van der Waals surface area (Å²) in [6, 6.07) is 10.3. The van der Waals surface area contributed by atoms with E-state index in [1.165, 1.54) is 0 Å². The molecule has 0 fully saturated rings. The molecule has 0 saturated carbocycles. The Labute approximate surface area is 132 Å². The fraction of sp³-hybridized carbons (Fsp3) is 0. The van der Waals surface area contributed by atoms with E-state index in [0.717, 1.165) is 8.95 Å². The van der Waals surface area contributed by atoms with E-state index in [1.54, 1.807) is 24.3 Å². The van der Waals surface area contributed by atoms with Crippen molar-refractivity contribution in [2.75, 3.05) is 11.1 Å². The minimum Gasteiger partial charge on any atom is -0.399 e. The maximum Gasteiger partial charge on any atom is 0.257 e. The van der Waals surface area contributed by atoms with Crippen molar-refractivity contribution in [1.29, 1.82) is 0 Å². The zero-order valence-corrected chi connectivity index (χ0v) is 13.5. The number of nitrogens with one attached hydrogen (secondary N) is 1. The number of hydrogen-bond acceptors (Lipinski definition) is 2. The minimum atomic E-state index is -0.284. The molecule has 0 aliphatic rings. The lowest BCUT2D eigenvalue weighted by molar-refractivity contribution is 0.102. The number of nitrogens with two attached hydrogens (primary N) is 1. The maximum absolute atomic E-state index is 12.1. The number of nitrogen functional groups attached to an aromatic ring is 1. The van der Waals surface area contributed by atoms with Crippen molar-refractivity contribution in [2.45, 2.75) is 0 Å². The van der Waals surface area contributed by atoms with Crippen LogP contribution < -0.4 is 11.1 Å². The van der Waals surface area contributed by atoms with Gasteiger partial charge in [0, 0.05) is 14.6 Å². The Kier molecular flexibility index (Phi) is 4.50. The number of halogens is 3. The zero-order chi connectivity index (χ0) is 14.0. The van der Waals surface area contributed by atoms with Gasteiger partial charge < -0.3 is 11.1 Å². The summed E-state index contributed by atoms with van der Waals surface area (Å²) in [5, 5.41) is 3.11. The van der Waals surface area contributed by atoms with E-state index in [2.05, 4.69) is 37.2 Å². The predicted molar refractivity (Wildman–Crippen MR) is 85.7 cm³/mol. The molecule has 0 spiro atoms. The monoisotopic (exact) mass is 402 g/mol. The molecule has 1 amide bonds. The van der Waals surface area contributed by atoms with E-state index in [0.29, 0.717) is 22.0 Å². The number of carbonyl (C=O) groups is 1. The summed E-state index contributed by atoms with van der Waals surface area (Å²) in [6.07, 6.45) is 0. The third-order valence-corrected chi connectivity index (χ3v) is 3.88. The van der Waals surface area contributed by atoms with Crippen molar-refractivity contribution in [1.82, 2.24) is 0 Å². The van der Waals surface area contributed by atoms with E-state index < -0.39 is 0 Å². The maximum atomic E-state index is 12.1. The first kappa shape index (κ1) is 14.4. The lowest BCUT2D eigenvalue weighted by Crippen LogP contribution is -2.13. The van der Waals surface area contributed by atoms with E-state index in [9.17, 15) is 4.79 Å². The number of amides is 1. The summed E-state index contributed by atoms with van der Waals surface area (Å²) in [4.78, 5) is 12.1. The van der Waals surface area contributed by atoms with Crippen molar-refractivity contribution in [3.8, 4) is 0 Å². The third-order valence-electron chi connectivity index (χ3n) is 2.42. The van der Waals surface area contributed by atoms with Gasteiger partial charge in [0.25, 0.3) is 5.91 Å². The molecule has 2 rings (SSSR count). The normalized spacial score (nSPS) is 10.3. The standard InChI is InChI=1S/C13H9Br2ClN2O/c14-7-1-4-12(10(15)5-7)18-13(19)9-3-2-8(17)6-11(9)16/h1-6H,17H2,(H,18,19). The average Bonchev–Trinajstić information content (AvgIpc) is 2.32. The fourth-order valence-corrected chi connectivity index (χ4v) is 2.92. The Morgan fingerprint density at radius 3 is 2.53 bits per heavy atom. The molecule has 3 nitrogen and oxygen atoms in total. The number of hydrogen-bond donors (Lipinski definition) is 2. The molecular weight excluding hydrogens is 395 g/mol. The van der Waals surface area contributed by atoms with Crippen LogP contribution in [0.3, 0.4) is 0 Å². The van der Waals surface area contributed by atoms with Crippen molar-refractivity contribution in [2.24, 2.45) is 0 Å². The van der Waals surface area contributed by atoms with Crippen LogP contribution in [0.4, 0.5) is 11.4 Å². The first-order valence-corrected chi connectivity index (χ1v) is 7.25. The molecule has 6 heteroatoms. The minimum absolute atomic E-state index is 0.284. The quantitative estimate of drug-likeness (QED) is 0.713. The average molecular weight is 404 g/mol. The van der Waals surface area contributed by atoms with Crippen molar-refractivity contribution in [3.05, 3.63) is 55.9 Å².